The number of carbonyl (C=O) groups excluding carboxylic acids is 1. The molecule has 0 fully saturated rings. The SMILES string of the molecule is COC(=O)c1[nH]nc2c1CCCN2.Cl. The molecule has 1 aliphatic rings. The van der Waals surface area contributed by atoms with E-state index in [1.54, 1.807) is 0 Å². The largest absolute Gasteiger partial charge is 0.464 e. The molecule has 0 aromatic carbocycles. The molecular weight excluding hydrogens is 206 g/mol. The average Bonchev–Trinajstić information content (AvgIpc) is 2.60. The van der Waals surface area contributed by atoms with Crippen molar-refractivity contribution in [2.45, 2.75) is 12.8 Å². The lowest BCUT2D eigenvalue weighted by atomic mass is 10.1. The summed E-state index contributed by atoms with van der Waals surface area (Å²) in [5.41, 5.74) is 1.42. The third kappa shape index (κ3) is 1.68. The number of aromatic nitrogens is 2. The number of aromatic amines is 1. The molecule has 2 rings (SSSR count). The number of esters is 1. The van der Waals surface area contributed by atoms with E-state index in [1.807, 2.05) is 0 Å². The summed E-state index contributed by atoms with van der Waals surface area (Å²) in [5.74, 6) is 0.434. The molecule has 0 radical (unpaired) electrons. The van der Waals surface area contributed by atoms with Gasteiger partial charge in [0, 0.05) is 12.1 Å². The van der Waals surface area contributed by atoms with Crippen LogP contribution in [0.1, 0.15) is 22.5 Å². The average molecular weight is 218 g/mol. The molecule has 0 bridgehead atoms. The summed E-state index contributed by atoms with van der Waals surface area (Å²) >= 11 is 0. The Kier molecular flexibility index (Phi) is 3.35. The van der Waals surface area contributed by atoms with Crippen LogP contribution in [0.15, 0.2) is 0 Å². The first-order valence-electron chi connectivity index (χ1n) is 4.22. The highest BCUT2D eigenvalue weighted by Crippen LogP contribution is 2.22. The number of rotatable bonds is 1. The Morgan fingerprint density at radius 1 is 1.57 bits per heavy atom. The van der Waals surface area contributed by atoms with E-state index in [2.05, 4.69) is 20.3 Å². The van der Waals surface area contributed by atoms with Crippen LogP contribution in [0.4, 0.5) is 5.82 Å². The second-order valence-corrected chi connectivity index (χ2v) is 2.95. The van der Waals surface area contributed by atoms with Gasteiger partial charge in [0.2, 0.25) is 0 Å². The van der Waals surface area contributed by atoms with Gasteiger partial charge in [-0.15, -0.1) is 12.4 Å². The quantitative estimate of drug-likeness (QED) is 0.688. The van der Waals surface area contributed by atoms with Gasteiger partial charge in [0.05, 0.1) is 7.11 Å². The van der Waals surface area contributed by atoms with Crippen molar-refractivity contribution in [2.24, 2.45) is 0 Å². The van der Waals surface area contributed by atoms with Gasteiger partial charge < -0.3 is 10.1 Å². The Morgan fingerprint density at radius 2 is 2.36 bits per heavy atom. The van der Waals surface area contributed by atoms with E-state index in [0.717, 1.165) is 30.8 Å². The van der Waals surface area contributed by atoms with Crippen molar-refractivity contribution >= 4 is 24.2 Å². The molecule has 0 saturated heterocycles. The molecule has 78 valence electrons. The number of nitrogens with one attached hydrogen (secondary N) is 2. The maximum Gasteiger partial charge on any atom is 0.356 e. The zero-order chi connectivity index (χ0) is 9.26. The number of hydrogen-bond donors (Lipinski definition) is 2. The number of fused-ring (bicyclic) bond motifs is 1. The minimum Gasteiger partial charge on any atom is -0.464 e. The molecule has 1 aliphatic heterocycles. The molecule has 1 aromatic rings. The fraction of sp³-hybridized carbons (Fsp3) is 0.500. The lowest BCUT2D eigenvalue weighted by molar-refractivity contribution is 0.0592. The van der Waals surface area contributed by atoms with Crippen molar-refractivity contribution in [1.82, 2.24) is 10.2 Å². The molecule has 14 heavy (non-hydrogen) atoms. The summed E-state index contributed by atoms with van der Waals surface area (Å²) < 4.78 is 4.62. The first kappa shape index (κ1) is 10.8. The van der Waals surface area contributed by atoms with Crippen molar-refractivity contribution < 1.29 is 9.53 Å². The maximum atomic E-state index is 11.2. The standard InChI is InChI=1S/C8H11N3O2.ClH/c1-13-8(12)6-5-3-2-4-9-7(5)11-10-6;/h2-4H2,1H3,(H2,9,10,11);1H. The monoisotopic (exact) mass is 217 g/mol. The summed E-state index contributed by atoms with van der Waals surface area (Å²) in [6.45, 7) is 0.915. The molecular formula is C8H12ClN3O2. The molecule has 5 nitrogen and oxygen atoms in total. The highest BCUT2D eigenvalue weighted by Gasteiger charge is 2.21. The number of anilines is 1. The van der Waals surface area contributed by atoms with Crippen LogP contribution in [-0.2, 0) is 11.2 Å². The Morgan fingerprint density at radius 3 is 3.07 bits per heavy atom. The van der Waals surface area contributed by atoms with E-state index in [-0.39, 0.29) is 18.4 Å². The van der Waals surface area contributed by atoms with E-state index in [0.29, 0.717) is 5.69 Å². The van der Waals surface area contributed by atoms with Gasteiger partial charge in [-0.1, -0.05) is 0 Å². The Hall–Kier alpha value is -1.23. The minimum absolute atomic E-state index is 0. The molecule has 1 aromatic heterocycles. The number of H-pyrrole nitrogens is 1. The van der Waals surface area contributed by atoms with Crippen molar-refractivity contribution in [2.75, 3.05) is 19.0 Å². The van der Waals surface area contributed by atoms with Gasteiger partial charge in [-0.2, -0.15) is 5.10 Å². The first-order chi connectivity index (χ1) is 6.33. The minimum atomic E-state index is -0.350. The van der Waals surface area contributed by atoms with E-state index in [4.69, 9.17) is 0 Å². The summed E-state index contributed by atoms with van der Waals surface area (Å²) in [5, 5.41) is 9.78. The Labute approximate surface area is 87.6 Å². The molecule has 2 heterocycles. The van der Waals surface area contributed by atoms with Gasteiger partial charge in [0.15, 0.2) is 5.82 Å². The molecule has 0 unspecified atom stereocenters. The van der Waals surface area contributed by atoms with E-state index in [9.17, 15) is 4.79 Å². The molecule has 6 heteroatoms. The topological polar surface area (TPSA) is 67.0 Å². The molecule has 2 N–H and O–H groups in total. The zero-order valence-corrected chi connectivity index (χ0v) is 8.61. The summed E-state index contributed by atoms with van der Waals surface area (Å²) in [6.07, 6.45) is 1.90. The highest BCUT2D eigenvalue weighted by molar-refractivity contribution is 5.90. The summed E-state index contributed by atoms with van der Waals surface area (Å²) in [4.78, 5) is 11.2. The van der Waals surface area contributed by atoms with Crippen molar-refractivity contribution in [3.05, 3.63) is 11.3 Å². The molecule has 0 spiro atoms. The molecule has 0 saturated carbocycles. The van der Waals surface area contributed by atoms with Crippen molar-refractivity contribution in [3.63, 3.8) is 0 Å². The van der Waals surface area contributed by atoms with Gasteiger partial charge in [0.25, 0.3) is 0 Å². The number of methoxy groups -OCH3 is 1. The third-order valence-electron chi connectivity index (χ3n) is 2.15. The lowest BCUT2D eigenvalue weighted by Gasteiger charge is -2.12. The Bertz CT molecular complexity index is 337. The second kappa shape index (κ2) is 4.32. The van der Waals surface area contributed by atoms with E-state index in [1.165, 1.54) is 7.11 Å². The van der Waals surface area contributed by atoms with Crippen molar-refractivity contribution in [1.29, 1.82) is 0 Å². The summed E-state index contributed by atoms with van der Waals surface area (Å²) in [6, 6.07) is 0. The van der Waals surface area contributed by atoms with Gasteiger partial charge in [-0.25, -0.2) is 4.79 Å². The van der Waals surface area contributed by atoms with Crippen LogP contribution in [0.5, 0.6) is 0 Å². The third-order valence-corrected chi connectivity index (χ3v) is 2.15. The van der Waals surface area contributed by atoms with Crippen LogP contribution in [0, 0.1) is 0 Å². The second-order valence-electron chi connectivity index (χ2n) is 2.95. The highest BCUT2D eigenvalue weighted by atomic mass is 35.5. The van der Waals surface area contributed by atoms with Gasteiger partial charge >= 0.3 is 5.97 Å². The van der Waals surface area contributed by atoms with Gasteiger partial charge in [-0.05, 0) is 12.8 Å². The maximum absolute atomic E-state index is 11.2. The van der Waals surface area contributed by atoms with Crippen LogP contribution >= 0.6 is 12.4 Å². The first-order valence-corrected chi connectivity index (χ1v) is 4.22. The summed E-state index contributed by atoms with van der Waals surface area (Å²) in [7, 11) is 1.37. The van der Waals surface area contributed by atoms with Crippen molar-refractivity contribution in [3.8, 4) is 0 Å². The predicted molar refractivity (Wildman–Crippen MR) is 54.0 cm³/mol. The number of carbonyl (C=O) groups is 1. The predicted octanol–water partition coefficient (Wildman–Crippen LogP) is 0.976. The lowest BCUT2D eigenvalue weighted by Crippen LogP contribution is -2.13. The number of nitrogens with zero attached hydrogens (tertiary/aromatic N) is 1. The Balaban J connectivity index is 0.000000980. The normalized spacial score (nSPS) is 13.5. The van der Waals surface area contributed by atoms with Crippen LogP contribution < -0.4 is 5.32 Å². The molecule has 0 amide bonds. The molecule has 0 atom stereocenters. The number of hydrogen-bond acceptors (Lipinski definition) is 4. The molecule has 0 aliphatic carbocycles. The van der Waals surface area contributed by atoms with E-state index >= 15 is 0 Å². The van der Waals surface area contributed by atoms with E-state index < -0.39 is 0 Å². The fourth-order valence-corrected chi connectivity index (χ4v) is 1.50. The number of ether oxygens (including phenoxy) is 1. The number of halogens is 1. The van der Waals surface area contributed by atoms with Crippen LogP contribution in [-0.4, -0.2) is 29.8 Å². The fourth-order valence-electron chi connectivity index (χ4n) is 1.50. The van der Waals surface area contributed by atoms with Crippen LogP contribution in [0.2, 0.25) is 0 Å². The van der Waals surface area contributed by atoms with Crippen LogP contribution in [0.25, 0.3) is 0 Å². The van der Waals surface area contributed by atoms with Gasteiger partial charge in [0.1, 0.15) is 5.69 Å². The zero-order valence-electron chi connectivity index (χ0n) is 7.79. The van der Waals surface area contributed by atoms with Crippen LogP contribution in [0.3, 0.4) is 0 Å². The van der Waals surface area contributed by atoms with Gasteiger partial charge in [-0.3, -0.25) is 5.10 Å². The smallest absolute Gasteiger partial charge is 0.356 e.